The van der Waals surface area contributed by atoms with Gasteiger partial charge in [-0.25, -0.2) is 9.97 Å². The number of H-pyrrole nitrogens is 1. The SMILES string of the molecule is CC[C@H]1O[C@@H](n2cnc3c(=S)nc(NCCCCCCNC(C)=S)[nH]c32)[C@@H](OC(C)=O)C1OC(C)=O. The van der Waals surface area contributed by atoms with E-state index in [1.807, 2.05) is 13.8 Å². The third-order valence-corrected chi connectivity index (χ3v) is 6.21. The topological polar surface area (TPSA) is 132 Å². The molecule has 0 bridgehead atoms. The quantitative estimate of drug-likeness (QED) is 0.208. The van der Waals surface area contributed by atoms with E-state index in [-0.39, 0.29) is 0 Å². The number of esters is 2. The van der Waals surface area contributed by atoms with Crippen molar-refractivity contribution in [3.8, 4) is 0 Å². The highest BCUT2D eigenvalue weighted by atomic mass is 32.1. The molecule has 11 nitrogen and oxygen atoms in total. The molecule has 0 radical (unpaired) electrons. The Labute approximate surface area is 220 Å². The van der Waals surface area contributed by atoms with Crippen molar-refractivity contribution < 1.29 is 23.8 Å². The lowest BCUT2D eigenvalue weighted by molar-refractivity contribution is -0.165. The number of nitrogens with one attached hydrogen (secondary N) is 3. The molecule has 0 spiro atoms. The lowest BCUT2D eigenvalue weighted by atomic mass is 10.1. The molecule has 1 aliphatic heterocycles. The van der Waals surface area contributed by atoms with Crippen LogP contribution >= 0.6 is 24.4 Å². The second-order valence-electron chi connectivity index (χ2n) is 8.69. The molecule has 0 amide bonds. The minimum atomic E-state index is -0.850. The van der Waals surface area contributed by atoms with Crippen molar-refractivity contribution >= 4 is 58.5 Å². The van der Waals surface area contributed by atoms with E-state index in [1.165, 1.54) is 13.8 Å². The number of unbranched alkanes of at least 4 members (excludes halogenated alkanes) is 3. The van der Waals surface area contributed by atoms with Gasteiger partial charge in [0.15, 0.2) is 23.1 Å². The second-order valence-corrected chi connectivity index (χ2v) is 9.68. The molecule has 2 aromatic heterocycles. The number of carbonyl (C=O) groups is 2. The second kappa shape index (κ2) is 13.1. The van der Waals surface area contributed by atoms with Crippen LogP contribution in [0.2, 0.25) is 0 Å². The largest absolute Gasteiger partial charge is 0.456 e. The standard InChI is InChI=1S/C23H34N6O5S2/c1-5-16-18(32-14(3)30)19(33-15(4)31)22(34-16)29-12-26-17-20(29)27-23(28-21(17)36)25-11-9-7-6-8-10-24-13(2)35/h12,16,18-19,22H,5-11H2,1-4H3,(H,24,35)(H2,25,27,28,36)/t16-,18?,19+,22-/m1/s1. The predicted molar refractivity (Wildman–Crippen MR) is 141 cm³/mol. The molecular weight excluding hydrogens is 504 g/mol. The van der Waals surface area contributed by atoms with Gasteiger partial charge in [0.1, 0.15) is 17.3 Å². The number of imidazole rings is 1. The Balaban J connectivity index is 1.74. The van der Waals surface area contributed by atoms with Gasteiger partial charge in [0.05, 0.1) is 11.3 Å². The van der Waals surface area contributed by atoms with E-state index in [9.17, 15) is 9.59 Å². The first-order valence-electron chi connectivity index (χ1n) is 12.2. The predicted octanol–water partition coefficient (Wildman–Crippen LogP) is 3.57. The molecule has 4 atom stereocenters. The zero-order valence-corrected chi connectivity index (χ0v) is 22.7. The fourth-order valence-electron chi connectivity index (χ4n) is 4.20. The van der Waals surface area contributed by atoms with Gasteiger partial charge in [0.25, 0.3) is 0 Å². The first-order chi connectivity index (χ1) is 17.2. The third-order valence-electron chi connectivity index (χ3n) is 5.78. The molecule has 3 rings (SSSR count). The summed E-state index contributed by atoms with van der Waals surface area (Å²) in [4.78, 5) is 36.5. The Morgan fingerprint density at radius 2 is 1.78 bits per heavy atom. The van der Waals surface area contributed by atoms with E-state index in [4.69, 9.17) is 38.6 Å². The highest BCUT2D eigenvalue weighted by molar-refractivity contribution is 7.80. The molecule has 1 fully saturated rings. The average Bonchev–Trinajstić information content (AvgIpc) is 3.36. The number of thiocarbonyl (C=S) groups is 1. The fourth-order valence-corrected chi connectivity index (χ4v) is 4.54. The number of carbonyl (C=O) groups excluding carboxylic acids is 2. The van der Waals surface area contributed by atoms with Crippen LogP contribution in [0.1, 0.15) is 66.0 Å². The van der Waals surface area contributed by atoms with E-state index >= 15 is 0 Å². The van der Waals surface area contributed by atoms with Crippen LogP contribution in [-0.4, -0.2) is 67.8 Å². The molecule has 36 heavy (non-hydrogen) atoms. The summed E-state index contributed by atoms with van der Waals surface area (Å²) in [7, 11) is 0. The van der Waals surface area contributed by atoms with E-state index < -0.39 is 36.5 Å². The fraction of sp³-hybridized carbons (Fsp3) is 0.652. The van der Waals surface area contributed by atoms with Crippen LogP contribution in [0.3, 0.4) is 0 Å². The van der Waals surface area contributed by atoms with Gasteiger partial charge in [0, 0.05) is 26.9 Å². The van der Waals surface area contributed by atoms with Crippen LogP contribution in [0.4, 0.5) is 5.95 Å². The van der Waals surface area contributed by atoms with Crippen molar-refractivity contribution in [2.24, 2.45) is 0 Å². The van der Waals surface area contributed by atoms with E-state index in [1.54, 1.807) is 10.9 Å². The van der Waals surface area contributed by atoms with Crippen LogP contribution in [0.5, 0.6) is 0 Å². The van der Waals surface area contributed by atoms with Crippen LogP contribution in [0, 0.1) is 4.64 Å². The Kier molecular flexibility index (Phi) is 10.1. The average molecular weight is 539 g/mol. The van der Waals surface area contributed by atoms with Gasteiger partial charge in [-0.1, -0.05) is 44.2 Å². The molecular formula is C23H34N6O5S2. The van der Waals surface area contributed by atoms with E-state index in [0.717, 1.165) is 43.8 Å². The van der Waals surface area contributed by atoms with Crippen molar-refractivity contribution in [1.82, 2.24) is 24.8 Å². The number of nitrogens with zero attached hydrogens (tertiary/aromatic N) is 3. The number of hydrogen-bond acceptors (Lipinski definition) is 10. The molecule has 0 aliphatic carbocycles. The molecule has 3 heterocycles. The van der Waals surface area contributed by atoms with Gasteiger partial charge in [-0.05, 0) is 26.2 Å². The zero-order chi connectivity index (χ0) is 26.2. The summed E-state index contributed by atoms with van der Waals surface area (Å²) in [5, 5.41) is 6.45. The summed E-state index contributed by atoms with van der Waals surface area (Å²) in [6, 6.07) is 0. The van der Waals surface area contributed by atoms with Crippen molar-refractivity contribution in [2.45, 2.75) is 84.3 Å². The van der Waals surface area contributed by atoms with Crippen LogP contribution < -0.4 is 10.6 Å². The molecule has 3 N–H and O–H groups in total. The number of aromatic amines is 1. The molecule has 1 unspecified atom stereocenters. The first kappa shape index (κ1) is 27.9. The highest BCUT2D eigenvalue weighted by Gasteiger charge is 2.49. The maximum absolute atomic E-state index is 11.9. The Hall–Kier alpha value is -2.64. The number of hydrogen-bond donors (Lipinski definition) is 3. The molecule has 1 saturated heterocycles. The minimum Gasteiger partial charge on any atom is -0.456 e. The number of ether oxygens (including phenoxy) is 3. The Morgan fingerprint density at radius 1 is 1.11 bits per heavy atom. The van der Waals surface area contributed by atoms with Gasteiger partial charge in [-0.2, -0.15) is 0 Å². The number of anilines is 1. The highest BCUT2D eigenvalue weighted by Crippen LogP contribution is 2.36. The van der Waals surface area contributed by atoms with Crippen molar-refractivity contribution in [1.29, 1.82) is 0 Å². The van der Waals surface area contributed by atoms with Gasteiger partial charge < -0.3 is 29.8 Å². The smallest absolute Gasteiger partial charge is 0.303 e. The molecule has 2 aromatic rings. The normalized spacial score (nSPS) is 21.3. The number of rotatable bonds is 12. The summed E-state index contributed by atoms with van der Waals surface area (Å²) in [6.45, 7) is 8.04. The van der Waals surface area contributed by atoms with Gasteiger partial charge in [-0.15, -0.1) is 0 Å². The molecule has 1 aliphatic rings. The summed E-state index contributed by atoms with van der Waals surface area (Å²) < 4.78 is 19.3. The molecule has 0 aromatic carbocycles. The first-order valence-corrected chi connectivity index (χ1v) is 13.0. The number of aromatic nitrogens is 4. The summed E-state index contributed by atoms with van der Waals surface area (Å²) in [5.41, 5.74) is 1.06. The summed E-state index contributed by atoms with van der Waals surface area (Å²) in [5.74, 6) is -0.467. The van der Waals surface area contributed by atoms with Crippen molar-refractivity contribution in [2.75, 3.05) is 18.4 Å². The summed E-state index contributed by atoms with van der Waals surface area (Å²) in [6.07, 6.45) is 3.52. The monoisotopic (exact) mass is 538 g/mol. The maximum Gasteiger partial charge on any atom is 0.303 e. The van der Waals surface area contributed by atoms with Gasteiger partial charge in [-0.3, -0.25) is 14.2 Å². The lowest BCUT2D eigenvalue weighted by Crippen LogP contribution is -2.38. The molecule has 0 saturated carbocycles. The van der Waals surface area contributed by atoms with Crippen molar-refractivity contribution in [3.63, 3.8) is 0 Å². The molecule has 198 valence electrons. The Morgan fingerprint density at radius 3 is 2.42 bits per heavy atom. The molecule has 13 heteroatoms. The van der Waals surface area contributed by atoms with Gasteiger partial charge >= 0.3 is 11.9 Å². The minimum absolute atomic E-state index is 0.331. The van der Waals surface area contributed by atoms with E-state index in [0.29, 0.717) is 28.2 Å². The number of fused-ring (bicyclic) bond motifs is 1. The lowest BCUT2D eigenvalue weighted by Gasteiger charge is -2.23. The maximum atomic E-state index is 11.9. The van der Waals surface area contributed by atoms with Crippen molar-refractivity contribution in [3.05, 3.63) is 11.0 Å². The Bertz CT molecular complexity index is 1140. The zero-order valence-electron chi connectivity index (χ0n) is 21.0. The van der Waals surface area contributed by atoms with Crippen LogP contribution in [0.15, 0.2) is 6.33 Å². The third kappa shape index (κ3) is 7.20. The van der Waals surface area contributed by atoms with Gasteiger partial charge in [0.2, 0.25) is 5.95 Å². The van der Waals surface area contributed by atoms with E-state index in [2.05, 4.69) is 25.6 Å². The van der Waals surface area contributed by atoms with Crippen LogP contribution in [-0.2, 0) is 23.8 Å². The summed E-state index contributed by atoms with van der Waals surface area (Å²) >= 11 is 10.5. The van der Waals surface area contributed by atoms with Crippen LogP contribution in [0.25, 0.3) is 11.2 Å².